The zero-order chi connectivity index (χ0) is 22.1. The molecule has 4 aromatic heterocycles. The number of hydrogen-bond acceptors (Lipinski definition) is 9. The minimum atomic E-state index is -0.290. The quantitative estimate of drug-likeness (QED) is 0.373. The highest BCUT2D eigenvalue weighted by Crippen LogP contribution is 2.36. The molecule has 0 fully saturated rings. The lowest BCUT2D eigenvalue weighted by Gasteiger charge is -2.11. The Hall–Kier alpha value is -3.70. The number of H-pyrrole nitrogens is 1. The second kappa shape index (κ2) is 8.44. The first kappa shape index (κ1) is 20.2. The van der Waals surface area contributed by atoms with Gasteiger partial charge in [-0.05, 0) is 37.1 Å². The topological polar surface area (TPSA) is 122 Å². The number of carbonyl (C=O) groups is 1. The average molecular weight is 461 g/mol. The molecular weight excluding hydrogens is 444 g/mol. The molecule has 4 heterocycles. The van der Waals surface area contributed by atoms with Gasteiger partial charge in [0.2, 0.25) is 0 Å². The fraction of sp³-hybridized carbons (Fsp3) is 0.0952. The predicted octanol–water partition coefficient (Wildman–Crippen LogP) is 4.29. The maximum absolute atomic E-state index is 12.3. The van der Waals surface area contributed by atoms with Gasteiger partial charge in [0, 0.05) is 28.2 Å². The van der Waals surface area contributed by atoms with E-state index in [-0.39, 0.29) is 5.91 Å². The number of anilines is 1. The van der Waals surface area contributed by atoms with Crippen molar-refractivity contribution in [3.8, 4) is 11.3 Å². The molecule has 0 aliphatic carbocycles. The largest absolute Gasteiger partial charge is 0.341 e. The Balaban J connectivity index is 1.39. The number of nitrogens with zero attached hydrogens (tertiary/aromatic N) is 6. The Morgan fingerprint density at radius 2 is 1.84 bits per heavy atom. The van der Waals surface area contributed by atoms with Crippen molar-refractivity contribution < 1.29 is 4.79 Å². The molecule has 158 valence electrons. The number of aromatic amines is 1. The van der Waals surface area contributed by atoms with Gasteiger partial charge in [0.05, 0.1) is 17.6 Å². The van der Waals surface area contributed by atoms with Crippen LogP contribution in [0.3, 0.4) is 0 Å². The molecule has 0 saturated carbocycles. The average Bonchev–Trinajstić information content (AvgIpc) is 3.44. The van der Waals surface area contributed by atoms with E-state index < -0.39 is 0 Å². The van der Waals surface area contributed by atoms with Crippen LogP contribution in [-0.4, -0.2) is 40.8 Å². The van der Waals surface area contributed by atoms with Crippen LogP contribution in [0.15, 0.2) is 58.8 Å². The van der Waals surface area contributed by atoms with Gasteiger partial charge in [-0.2, -0.15) is 0 Å². The molecule has 1 amide bonds. The molecule has 11 heteroatoms. The highest BCUT2D eigenvalue weighted by atomic mass is 32.2. The normalized spacial score (nSPS) is 11.1. The summed E-state index contributed by atoms with van der Waals surface area (Å²) in [7, 11) is 0. The fourth-order valence-corrected chi connectivity index (χ4v) is 5.09. The summed E-state index contributed by atoms with van der Waals surface area (Å²) >= 11 is 2.93. The van der Waals surface area contributed by atoms with Gasteiger partial charge in [0.25, 0.3) is 5.91 Å². The predicted molar refractivity (Wildman–Crippen MR) is 123 cm³/mol. The van der Waals surface area contributed by atoms with Crippen LogP contribution in [0.1, 0.15) is 21.5 Å². The van der Waals surface area contributed by atoms with Crippen LogP contribution in [0.5, 0.6) is 0 Å². The summed E-state index contributed by atoms with van der Waals surface area (Å²) < 4.78 is 0. The maximum atomic E-state index is 12.3. The lowest BCUT2D eigenvalue weighted by atomic mass is 10.0. The van der Waals surface area contributed by atoms with Crippen molar-refractivity contribution in [1.29, 1.82) is 0 Å². The molecule has 0 unspecified atom stereocenters. The zero-order valence-electron chi connectivity index (χ0n) is 17.0. The van der Waals surface area contributed by atoms with Gasteiger partial charge in [-0.3, -0.25) is 10.1 Å². The van der Waals surface area contributed by atoms with Crippen LogP contribution >= 0.6 is 23.1 Å². The van der Waals surface area contributed by atoms with Crippen molar-refractivity contribution in [1.82, 2.24) is 34.9 Å². The first-order valence-corrected chi connectivity index (χ1v) is 11.2. The molecule has 0 saturated heterocycles. The van der Waals surface area contributed by atoms with Crippen LogP contribution < -0.4 is 5.32 Å². The number of hydrogen-bond donors (Lipinski definition) is 2. The van der Waals surface area contributed by atoms with Gasteiger partial charge in [0.15, 0.2) is 10.8 Å². The molecule has 2 N–H and O–H groups in total. The number of amides is 1. The van der Waals surface area contributed by atoms with Gasteiger partial charge in [0.1, 0.15) is 23.2 Å². The van der Waals surface area contributed by atoms with Crippen LogP contribution in [0.2, 0.25) is 0 Å². The van der Waals surface area contributed by atoms with E-state index in [1.54, 1.807) is 18.1 Å². The Labute approximate surface area is 190 Å². The molecule has 1 aromatic carbocycles. The summed E-state index contributed by atoms with van der Waals surface area (Å²) in [5, 5.41) is 6.09. The number of fused-ring (bicyclic) bond motifs is 1. The summed E-state index contributed by atoms with van der Waals surface area (Å²) in [6.07, 6.45) is 7.46. The number of thiazole rings is 1. The Morgan fingerprint density at radius 3 is 2.62 bits per heavy atom. The van der Waals surface area contributed by atoms with Gasteiger partial charge in [-0.25, -0.2) is 29.9 Å². The minimum absolute atomic E-state index is 0.290. The van der Waals surface area contributed by atoms with E-state index in [2.05, 4.69) is 66.2 Å². The van der Waals surface area contributed by atoms with Crippen molar-refractivity contribution in [2.75, 3.05) is 5.32 Å². The monoisotopic (exact) mass is 460 g/mol. The Morgan fingerprint density at radius 1 is 1.06 bits per heavy atom. The molecule has 5 aromatic rings. The van der Waals surface area contributed by atoms with Gasteiger partial charge < -0.3 is 4.98 Å². The number of carbonyl (C=O) groups excluding carboxylic acids is 1. The molecule has 0 atom stereocenters. The van der Waals surface area contributed by atoms with E-state index in [1.807, 2.05) is 5.38 Å². The standard InChI is InChI=1S/C21H16N8OS2/c1-11-3-14(32-20-17-18(25-9-24-17)26-10-27-20)4-12(2)16(11)15-7-31-21(28-15)29-19(30)13-5-22-8-23-6-13/h3-10H,1-2H3,(H,28,29,30)(H,24,25,26,27). The van der Waals surface area contributed by atoms with Crippen molar-refractivity contribution in [3.63, 3.8) is 0 Å². The molecule has 5 rings (SSSR count). The third kappa shape index (κ3) is 3.95. The third-order valence-corrected chi connectivity index (χ3v) is 6.44. The SMILES string of the molecule is Cc1cc(Sc2ncnc3nc[nH]c23)cc(C)c1-c1csc(NC(=O)c2cncnc2)n1. The molecular formula is C21H16N8OS2. The number of aryl methyl sites for hydroxylation is 2. The van der Waals surface area contributed by atoms with Gasteiger partial charge in [-0.15, -0.1) is 11.3 Å². The zero-order valence-corrected chi connectivity index (χ0v) is 18.7. The molecule has 0 aliphatic heterocycles. The first-order valence-electron chi connectivity index (χ1n) is 9.54. The van der Waals surface area contributed by atoms with E-state index in [9.17, 15) is 4.79 Å². The Bertz CT molecular complexity index is 1410. The number of benzene rings is 1. The number of imidazole rings is 1. The van der Waals surface area contributed by atoms with Crippen LogP contribution in [0.4, 0.5) is 5.13 Å². The molecule has 0 bridgehead atoms. The second-order valence-electron chi connectivity index (χ2n) is 6.93. The number of aromatic nitrogens is 7. The van der Waals surface area contributed by atoms with Gasteiger partial charge in [-0.1, -0.05) is 11.8 Å². The van der Waals surface area contributed by atoms with E-state index >= 15 is 0 Å². The summed E-state index contributed by atoms with van der Waals surface area (Å²) in [6.45, 7) is 4.11. The fourth-order valence-electron chi connectivity index (χ4n) is 3.35. The molecule has 0 radical (unpaired) electrons. The van der Waals surface area contributed by atoms with Crippen LogP contribution in [0, 0.1) is 13.8 Å². The Kier molecular flexibility index (Phi) is 5.33. The molecule has 9 nitrogen and oxygen atoms in total. The maximum Gasteiger partial charge on any atom is 0.260 e. The highest BCUT2D eigenvalue weighted by molar-refractivity contribution is 7.99. The van der Waals surface area contributed by atoms with Crippen molar-refractivity contribution in [2.24, 2.45) is 0 Å². The number of nitrogens with one attached hydrogen (secondary N) is 2. The van der Waals surface area contributed by atoms with E-state index in [4.69, 9.17) is 0 Å². The molecule has 32 heavy (non-hydrogen) atoms. The molecule has 0 aliphatic rings. The summed E-state index contributed by atoms with van der Waals surface area (Å²) in [5.74, 6) is -0.290. The van der Waals surface area contributed by atoms with Crippen molar-refractivity contribution in [3.05, 3.63) is 65.6 Å². The van der Waals surface area contributed by atoms with E-state index in [0.29, 0.717) is 16.3 Å². The first-order chi connectivity index (χ1) is 15.6. The van der Waals surface area contributed by atoms with E-state index in [0.717, 1.165) is 37.8 Å². The molecule has 0 spiro atoms. The van der Waals surface area contributed by atoms with Gasteiger partial charge >= 0.3 is 0 Å². The summed E-state index contributed by atoms with van der Waals surface area (Å²) in [5.41, 5.74) is 5.88. The second-order valence-corrected chi connectivity index (χ2v) is 8.85. The third-order valence-electron chi connectivity index (χ3n) is 4.71. The lowest BCUT2D eigenvalue weighted by Crippen LogP contribution is -2.12. The van der Waals surface area contributed by atoms with Crippen LogP contribution in [-0.2, 0) is 0 Å². The van der Waals surface area contributed by atoms with E-state index in [1.165, 1.54) is 36.4 Å². The smallest absolute Gasteiger partial charge is 0.260 e. The summed E-state index contributed by atoms with van der Waals surface area (Å²) in [4.78, 5) is 41.6. The minimum Gasteiger partial charge on any atom is -0.341 e. The van der Waals surface area contributed by atoms with Crippen LogP contribution in [0.25, 0.3) is 22.4 Å². The highest BCUT2D eigenvalue weighted by Gasteiger charge is 2.15. The van der Waals surface area contributed by atoms with Crippen molar-refractivity contribution >= 4 is 45.3 Å². The summed E-state index contributed by atoms with van der Waals surface area (Å²) in [6, 6.07) is 4.21. The lowest BCUT2D eigenvalue weighted by molar-refractivity contribution is 0.102. The van der Waals surface area contributed by atoms with Crippen molar-refractivity contribution in [2.45, 2.75) is 23.8 Å². The number of rotatable bonds is 5.